The molecule has 5 rings (SSSR count). The summed E-state index contributed by atoms with van der Waals surface area (Å²) in [5.41, 5.74) is 2.70. The standard InChI is InChI=1S/C25H21F3N2O/c26-25(27,28)18-12-10-17(11-13-18)24(31)30-15-14-20-19-8-4-5-9-21(19)29-22(20)23(30)16-6-2-1-3-7-16/h1-3,6-13,23,29H,4-5,14-15H2. The summed E-state index contributed by atoms with van der Waals surface area (Å²) >= 11 is 0. The van der Waals surface area contributed by atoms with Crippen molar-refractivity contribution in [1.82, 2.24) is 9.88 Å². The van der Waals surface area contributed by atoms with Crippen LogP contribution in [-0.4, -0.2) is 22.3 Å². The second kappa shape index (κ2) is 7.45. The van der Waals surface area contributed by atoms with Gasteiger partial charge in [-0.05, 0) is 59.9 Å². The lowest BCUT2D eigenvalue weighted by molar-refractivity contribution is -0.137. The number of benzene rings is 2. The third kappa shape index (κ3) is 3.46. The highest BCUT2D eigenvalue weighted by molar-refractivity contribution is 5.95. The summed E-state index contributed by atoms with van der Waals surface area (Å²) in [6, 6.07) is 13.9. The van der Waals surface area contributed by atoms with E-state index in [9.17, 15) is 18.0 Å². The Bertz CT molecular complexity index is 1240. The molecule has 1 unspecified atom stereocenters. The fourth-order valence-electron chi connectivity index (χ4n) is 4.63. The van der Waals surface area contributed by atoms with Gasteiger partial charge in [0.05, 0.1) is 11.6 Å². The number of halogens is 3. The summed E-state index contributed by atoms with van der Waals surface area (Å²) in [4.78, 5) is 18.7. The lowest BCUT2D eigenvalue weighted by Crippen LogP contribution is -2.41. The number of aromatic nitrogens is 1. The lowest BCUT2D eigenvalue weighted by Gasteiger charge is -2.36. The molecule has 31 heavy (non-hydrogen) atoms. The van der Waals surface area contributed by atoms with Crippen LogP contribution < -0.4 is 10.6 Å². The summed E-state index contributed by atoms with van der Waals surface area (Å²) in [6.07, 6.45) is 2.71. The van der Waals surface area contributed by atoms with Gasteiger partial charge in [0.25, 0.3) is 5.91 Å². The van der Waals surface area contributed by atoms with Crippen LogP contribution in [0.15, 0.2) is 54.6 Å². The third-order valence-electron chi connectivity index (χ3n) is 6.10. The molecule has 3 nitrogen and oxygen atoms in total. The number of nitrogens with one attached hydrogen (secondary N) is 1. The van der Waals surface area contributed by atoms with Crippen LogP contribution in [-0.2, 0) is 12.6 Å². The molecule has 1 aliphatic heterocycles. The van der Waals surface area contributed by atoms with Crippen LogP contribution in [0, 0.1) is 0 Å². The van der Waals surface area contributed by atoms with E-state index in [1.54, 1.807) is 4.90 Å². The monoisotopic (exact) mass is 422 g/mol. The minimum atomic E-state index is -4.43. The van der Waals surface area contributed by atoms with Crippen LogP contribution in [0.25, 0.3) is 12.2 Å². The molecule has 1 amide bonds. The minimum absolute atomic E-state index is 0.256. The van der Waals surface area contributed by atoms with Crippen molar-refractivity contribution in [3.05, 3.63) is 93.1 Å². The van der Waals surface area contributed by atoms with Crippen molar-refractivity contribution in [3.8, 4) is 0 Å². The van der Waals surface area contributed by atoms with Crippen LogP contribution in [0.4, 0.5) is 13.2 Å². The first kappa shape index (κ1) is 19.7. The number of hydrogen-bond acceptors (Lipinski definition) is 1. The van der Waals surface area contributed by atoms with Crippen LogP contribution in [0.1, 0.15) is 51.6 Å². The Hall–Kier alpha value is -3.28. The van der Waals surface area contributed by atoms with Gasteiger partial charge in [-0.1, -0.05) is 42.5 Å². The quantitative estimate of drug-likeness (QED) is 0.661. The maximum atomic E-state index is 13.4. The van der Waals surface area contributed by atoms with E-state index < -0.39 is 11.7 Å². The zero-order chi connectivity index (χ0) is 21.6. The number of nitrogens with zero attached hydrogens (tertiary/aromatic N) is 1. The van der Waals surface area contributed by atoms with Gasteiger partial charge >= 0.3 is 6.18 Å². The van der Waals surface area contributed by atoms with Crippen molar-refractivity contribution < 1.29 is 18.0 Å². The van der Waals surface area contributed by atoms with Crippen molar-refractivity contribution >= 4 is 18.1 Å². The van der Waals surface area contributed by atoms with Crippen molar-refractivity contribution in [2.24, 2.45) is 0 Å². The van der Waals surface area contributed by atoms with Crippen LogP contribution in [0.3, 0.4) is 0 Å². The molecule has 158 valence electrons. The highest BCUT2D eigenvalue weighted by atomic mass is 19.4. The second-order valence-corrected chi connectivity index (χ2v) is 7.97. The number of rotatable bonds is 2. The van der Waals surface area contributed by atoms with E-state index in [0.29, 0.717) is 13.0 Å². The smallest absolute Gasteiger partial charge is 0.356 e. The molecule has 2 aliphatic rings. The van der Waals surface area contributed by atoms with E-state index >= 15 is 0 Å². The molecule has 1 N–H and O–H groups in total. The van der Waals surface area contributed by atoms with Crippen molar-refractivity contribution in [1.29, 1.82) is 0 Å². The molecule has 1 atom stereocenters. The minimum Gasteiger partial charge on any atom is -0.356 e. The van der Waals surface area contributed by atoms with E-state index in [4.69, 9.17) is 0 Å². The Labute approximate surface area is 177 Å². The maximum absolute atomic E-state index is 13.4. The SMILES string of the molecule is O=C(c1ccc(C(F)(F)F)cc1)N1CCc2c([nH]c3c2=CCCC=3)C1c1ccccc1. The van der Waals surface area contributed by atoms with Gasteiger partial charge in [0.15, 0.2) is 0 Å². The average molecular weight is 422 g/mol. The number of fused-ring (bicyclic) bond motifs is 3. The molecule has 2 aromatic carbocycles. The predicted octanol–water partition coefficient (Wildman–Crippen LogP) is 4.18. The third-order valence-corrected chi connectivity index (χ3v) is 6.10. The summed E-state index contributed by atoms with van der Waals surface area (Å²) in [7, 11) is 0. The molecule has 0 saturated carbocycles. The zero-order valence-corrected chi connectivity index (χ0v) is 16.7. The summed E-state index contributed by atoms with van der Waals surface area (Å²) < 4.78 is 38.8. The number of amides is 1. The maximum Gasteiger partial charge on any atom is 0.416 e. The molecule has 0 spiro atoms. The molecular formula is C25H21F3N2O. The highest BCUT2D eigenvalue weighted by Gasteiger charge is 2.35. The Morgan fingerprint density at radius 1 is 0.968 bits per heavy atom. The molecule has 1 aromatic heterocycles. The van der Waals surface area contributed by atoms with Crippen LogP contribution >= 0.6 is 0 Å². The fraction of sp³-hybridized carbons (Fsp3) is 0.240. The number of carbonyl (C=O) groups is 1. The first-order valence-corrected chi connectivity index (χ1v) is 10.4. The molecular weight excluding hydrogens is 401 g/mol. The predicted molar refractivity (Wildman–Crippen MR) is 113 cm³/mol. The number of alkyl halides is 3. The number of carbonyl (C=O) groups excluding carboxylic acids is 1. The lowest BCUT2D eigenvalue weighted by atomic mass is 9.91. The molecule has 1 aliphatic carbocycles. The van der Waals surface area contributed by atoms with E-state index in [2.05, 4.69) is 17.1 Å². The largest absolute Gasteiger partial charge is 0.416 e. The molecule has 0 radical (unpaired) electrons. The Morgan fingerprint density at radius 2 is 1.68 bits per heavy atom. The van der Waals surface area contributed by atoms with Gasteiger partial charge in [0, 0.05) is 23.2 Å². The molecule has 0 saturated heterocycles. The van der Waals surface area contributed by atoms with Gasteiger partial charge < -0.3 is 9.88 Å². The number of aromatic amines is 1. The zero-order valence-electron chi connectivity index (χ0n) is 16.7. The van der Waals surface area contributed by atoms with Gasteiger partial charge in [-0.2, -0.15) is 13.2 Å². The molecule has 0 bridgehead atoms. The summed E-state index contributed by atoms with van der Waals surface area (Å²) in [5, 5.41) is 2.32. The van der Waals surface area contributed by atoms with Crippen molar-refractivity contribution in [2.45, 2.75) is 31.5 Å². The molecule has 0 fully saturated rings. The van der Waals surface area contributed by atoms with Gasteiger partial charge in [0.1, 0.15) is 0 Å². The first-order chi connectivity index (χ1) is 14.9. The number of H-pyrrole nitrogens is 1. The Balaban J connectivity index is 1.58. The molecule has 6 heteroatoms. The van der Waals surface area contributed by atoms with Crippen molar-refractivity contribution in [2.75, 3.05) is 6.54 Å². The van der Waals surface area contributed by atoms with Gasteiger partial charge in [-0.25, -0.2) is 0 Å². The van der Waals surface area contributed by atoms with Crippen LogP contribution in [0.5, 0.6) is 0 Å². The highest BCUT2D eigenvalue weighted by Crippen LogP contribution is 2.34. The van der Waals surface area contributed by atoms with Crippen molar-refractivity contribution in [3.63, 3.8) is 0 Å². The van der Waals surface area contributed by atoms with Crippen LogP contribution in [0.2, 0.25) is 0 Å². The average Bonchev–Trinajstić information content (AvgIpc) is 3.17. The fourth-order valence-corrected chi connectivity index (χ4v) is 4.63. The molecule has 2 heterocycles. The van der Waals surface area contributed by atoms with E-state index in [0.717, 1.165) is 41.6 Å². The summed E-state index contributed by atoms with van der Waals surface area (Å²) in [5.74, 6) is -0.270. The number of hydrogen-bond donors (Lipinski definition) is 1. The van der Waals surface area contributed by atoms with E-state index in [1.807, 2.05) is 30.3 Å². The van der Waals surface area contributed by atoms with Gasteiger partial charge in [-0.3, -0.25) is 4.79 Å². The normalized spacial score (nSPS) is 17.9. The Kier molecular flexibility index (Phi) is 4.73. The molecule has 3 aromatic rings. The summed E-state index contributed by atoms with van der Waals surface area (Å²) in [6.45, 7) is 0.505. The topological polar surface area (TPSA) is 36.1 Å². The second-order valence-electron chi connectivity index (χ2n) is 7.97. The first-order valence-electron chi connectivity index (χ1n) is 10.4. The van der Waals surface area contributed by atoms with Gasteiger partial charge in [-0.15, -0.1) is 0 Å². The van der Waals surface area contributed by atoms with E-state index in [1.165, 1.54) is 22.9 Å². The Morgan fingerprint density at radius 3 is 2.39 bits per heavy atom. The van der Waals surface area contributed by atoms with E-state index in [-0.39, 0.29) is 17.5 Å². The van der Waals surface area contributed by atoms with Gasteiger partial charge in [0.2, 0.25) is 0 Å².